The van der Waals surface area contributed by atoms with Crippen molar-refractivity contribution < 1.29 is 9.18 Å². The quantitative estimate of drug-likeness (QED) is 0.759. The molecule has 1 aliphatic rings. The highest BCUT2D eigenvalue weighted by Crippen LogP contribution is 2.36. The molecule has 1 amide bonds. The van der Waals surface area contributed by atoms with Gasteiger partial charge < -0.3 is 4.90 Å². The van der Waals surface area contributed by atoms with Gasteiger partial charge >= 0.3 is 0 Å². The number of hydrogen-bond donors (Lipinski definition) is 0. The van der Waals surface area contributed by atoms with Crippen molar-refractivity contribution in [2.24, 2.45) is 0 Å². The summed E-state index contributed by atoms with van der Waals surface area (Å²) >= 11 is 0. The van der Waals surface area contributed by atoms with E-state index in [1.165, 1.54) is 6.07 Å². The van der Waals surface area contributed by atoms with E-state index in [2.05, 4.69) is 13.2 Å². The van der Waals surface area contributed by atoms with Gasteiger partial charge in [0.2, 0.25) is 5.91 Å². The molecule has 0 N–H and O–H groups in total. The molecule has 0 aliphatic carbocycles. The maximum Gasteiger partial charge on any atom is 0.227 e. The van der Waals surface area contributed by atoms with Crippen LogP contribution in [0.1, 0.15) is 37.3 Å². The standard InChI is InChI=1S/C17H20FNO/c1-3-8-17(20)19-13(4-2)9-7-12-16(19)14-10-5-6-11-15(14)18/h3-6,10-11,13,16H,1-2,7-9,12H2. The molecule has 106 valence electrons. The van der Waals surface area contributed by atoms with Gasteiger partial charge in [-0.2, -0.15) is 0 Å². The highest BCUT2D eigenvalue weighted by atomic mass is 19.1. The molecular weight excluding hydrogens is 253 g/mol. The van der Waals surface area contributed by atoms with Crippen molar-refractivity contribution in [1.82, 2.24) is 4.90 Å². The van der Waals surface area contributed by atoms with E-state index in [0.717, 1.165) is 19.3 Å². The summed E-state index contributed by atoms with van der Waals surface area (Å²) in [5, 5.41) is 0. The average molecular weight is 273 g/mol. The summed E-state index contributed by atoms with van der Waals surface area (Å²) in [5.74, 6) is -0.267. The third kappa shape index (κ3) is 2.82. The van der Waals surface area contributed by atoms with Crippen LogP contribution in [-0.4, -0.2) is 16.8 Å². The van der Waals surface area contributed by atoms with Crippen LogP contribution < -0.4 is 0 Å². The fourth-order valence-corrected chi connectivity index (χ4v) is 2.90. The summed E-state index contributed by atoms with van der Waals surface area (Å²) in [6.45, 7) is 7.43. The number of rotatable bonds is 4. The molecule has 1 fully saturated rings. The molecule has 2 rings (SSSR count). The van der Waals surface area contributed by atoms with Gasteiger partial charge in [-0.3, -0.25) is 4.79 Å². The van der Waals surface area contributed by atoms with Crippen molar-refractivity contribution in [2.75, 3.05) is 0 Å². The van der Waals surface area contributed by atoms with E-state index >= 15 is 0 Å². The number of hydrogen-bond acceptors (Lipinski definition) is 1. The number of amides is 1. The van der Waals surface area contributed by atoms with Crippen LogP contribution >= 0.6 is 0 Å². The van der Waals surface area contributed by atoms with Gasteiger partial charge in [-0.15, -0.1) is 13.2 Å². The van der Waals surface area contributed by atoms with E-state index in [4.69, 9.17) is 0 Å². The second kappa shape index (κ2) is 6.51. The Hall–Kier alpha value is -1.90. The van der Waals surface area contributed by atoms with Crippen LogP contribution in [0.5, 0.6) is 0 Å². The second-order valence-corrected chi connectivity index (χ2v) is 5.07. The first-order valence-corrected chi connectivity index (χ1v) is 6.98. The average Bonchev–Trinajstić information content (AvgIpc) is 2.47. The van der Waals surface area contributed by atoms with Crippen molar-refractivity contribution in [3.8, 4) is 0 Å². The Balaban J connectivity index is 2.37. The van der Waals surface area contributed by atoms with Crippen molar-refractivity contribution in [2.45, 2.75) is 37.8 Å². The molecule has 0 aromatic heterocycles. The highest BCUT2D eigenvalue weighted by molar-refractivity contribution is 5.79. The van der Waals surface area contributed by atoms with Crippen molar-refractivity contribution in [3.05, 3.63) is 61.0 Å². The number of carbonyl (C=O) groups is 1. The van der Waals surface area contributed by atoms with E-state index in [1.54, 1.807) is 29.2 Å². The smallest absolute Gasteiger partial charge is 0.227 e. The molecule has 1 heterocycles. The van der Waals surface area contributed by atoms with Crippen LogP contribution in [0.4, 0.5) is 4.39 Å². The molecular formula is C17H20FNO. The first kappa shape index (κ1) is 14.5. The van der Waals surface area contributed by atoms with Gasteiger partial charge in [0.1, 0.15) is 5.82 Å². The third-order valence-electron chi connectivity index (χ3n) is 3.81. The minimum absolute atomic E-state index is 0.0159. The number of benzene rings is 1. The molecule has 1 aromatic rings. The molecule has 2 unspecified atom stereocenters. The Morgan fingerprint density at radius 1 is 1.35 bits per heavy atom. The third-order valence-corrected chi connectivity index (χ3v) is 3.81. The van der Waals surface area contributed by atoms with Crippen LogP contribution in [0.15, 0.2) is 49.6 Å². The van der Waals surface area contributed by atoms with Gasteiger partial charge in [-0.1, -0.05) is 30.4 Å². The lowest BCUT2D eigenvalue weighted by Gasteiger charge is -2.41. The van der Waals surface area contributed by atoms with Crippen molar-refractivity contribution in [1.29, 1.82) is 0 Å². The van der Waals surface area contributed by atoms with Gasteiger partial charge in [-0.05, 0) is 25.3 Å². The maximum atomic E-state index is 14.0. The molecule has 20 heavy (non-hydrogen) atoms. The van der Waals surface area contributed by atoms with E-state index in [0.29, 0.717) is 5.56 Å². The Bertz CT molecular complexity index is 511. The maximum absolute atomic E-state index is 14.0. The van der Waals surface area contributed by atoms with Crippen LogP contribution in [0.25, 0.3) is 0 Å². The first-order valence-electron chi connectivity index (χ1n) is 6.98. The fraction of sp³-hybridized carbons (Fsp3) is 0.353. The zero-order chi connectivity index (χ0) is 14.5. The number of nitrogens with zero attached hydrogens (tertiary/aromatic N) is 1. The fourth-order valence-electron chi connectivity index (χ4n) is 2.90. The molecule has 0 spiro atoms. The largest absolute Gasteiger partial charge is 0.329 e. The molecule has 0 saturated carbocycles. The Morgan fingerprint density at radius 2 is 2.10 bits per heavy atom. The van der Waals surface area contributed by atoms with Crippen LogP contribution in [0, 0.1) is 5.82 Å². The Kier molecular flexibility index (Phi) is 4.72. The van der Waals surface area contributed by atoms with E-state index in [-0.39, 0.29) is 30.2 Å². The first-order chi connectivity index (χ1) is 9.69. The highest BCUT2D eigenvalue weighted by Gasteiger charge is 2.34. The summed E-state index contributed by atoms with van der Waals surface area (Å²) < 4.78 is 14.0. The Morgan fingerprint density at radius 3 is 2.75 bits per heavy atom. The molecule has 1 saturated heterocycles. The molecule has 3 heteroatoms. The van der Waals surface area contributed by atoms with Crippen molar-refractivity contribution in [3.63, 3.8) is 0 Å². The predicted molar refractivity (Wildman–Crippen MR) is 78.6 cm³/mol. The van der Waals surface area contributed by atoms with E-state index < -0.39 is 0 Å². The number of carbonyl (C=O) groups excluding carboxylic acids is 1. The summed E-state index contributed by atoms with van der Waals surface area (Å²) in [5.41, 5.74) is 0.594. The summed E-state index contributed by atoms with van der Waals surface area (Å²) in [7, 11) is 0. The molecule has 1 aliphatic heterocycles. The molecule has 0 radical (unpaired) electrons. The number of likely N-dealkylation sites (tertiary alicyclic amines) is 1. The monoisotopic (exact) mass is 273 g/mol. The molecule has 2 atom stereocenters. The van der Waals surface area contributed by atoms with Gasteiger partial charge in [0, 0.05) is 12.0 Å². The minimum atomic E-state index is -0.251. The van der Waals surface area contributed by atoms with Gasteiger partial charge in [0.25, 0.3) is 0 Å². The van der Waals surface area contributed by atoms with Gasteiger partial charge in [0.15, 0.2) is 0 Å². The molecule has 1 aromatic carbocycles. The second-order valence-electron chi connectivity index (χ2n) is 5.07. The van der Waals surface area contributed by atoms with Crippen LogP contribution in [0.3, 0.4) is 0 Å². The summed E-state index contributed by atoms with van der Waals surface area (Å²) in [6.07, 6.45) is 6.29. The topological polar surface area (TPSA) is 20.3 Å². The van der Waals surface area contributed by atoms with Crippen molar-refractivity contribution >= 4 is 5.91 Å². The Labute approximate surface area is 119 Å². The lowest BCUT2D eigenvalue weighted by atomic mass is 9.90. The molecule has 2 nitrogen and oxygen atoms in total. The van der Waals surface area contributed by atoms with Crippen LogP contribution in [-0.2, 0) is 4.79 Å². The predicted octanol–water partition coefficient (Wildman–Crippen LogP) is 4.01. The number of piperidine rings is 1. The van der Waals surface area contributed by atoms with Crippen LogP contribution in [0.2, 0.25) is 0 Å². The zero-order valence-electron chi connectivity index (χ0n) is 11.6. The number of halogens is 1. The molecule has 0 bridgehead atoms. The zero-order valence-corrected chi connectivity index (χ0v) is 11.6. The van der Waals surface area contributed by atoms with E-state index in [9.17, 15) is 9.18 Å². The minimum Gasteiger partial charge on any atom is -0.329 e. The lowest BCUT2D eigenvalue weighted by Crippen LogP contribution is -2.44. The normalized spacial score (nSPS) is 22.4. The van der Waals surface area contributed by atoms with E-state index in [1.807, 2.05) is 6.07 Å². The lowest BCUT2D eigenvalue weighted by molar-refractivity contribution is -0.136. The summed E-state index contributed by atoms with van der Waals surface area (Å²) in [6, 6.07) is 6.46. The SMILES string of the molecule is C=CCC(=O)N1C(C=C)CCCC1c1ccccc1F. The van der Waals surface area contributed by atoms with Gasteiger partial charge in [0.05, 0.1) is 12.1 Å². The van der Waals surface area contributed by atoms with Gasteiger partial charge in [-0.25, -0.2) is 4.39 Å². The summed E-state index contributed by atoms with van der Waals surface area (Å²) in [4.78, 5) is 14.1.